The van der Waals surface area contributed by atoms with E-state index in [9.17, 15) is 14.4 Å². The van der Waals surface area contributed by atoms with Crippen molar-refractivity contribution in [2.45, 2.75) is 13.0 Å². The Bertz CT molecular complexity index is 689. The van der Waals surface area contributed by atoms with Gasteiger partial charge in [0.2, 0.25) is 5.91 Å². The lowest BCUT2D eigenvalue weighted by molar-refractivity contribution is -0.116. The second kappa shape index (κ2) is 5.83. The standard InChI is InChI=1S/C12H12N4O4/c17-10(4-6-16-5-2-1-3-11(16)18)13-9-7-8(12(19)20)14-15-9/h1-3,5,7H,4,6H2,(H,19,20)(H2,13,14,15,17). The van der Waals surface area contributed by atoms with Crippen LogP contribution >= 0.6 is 0 Å². The third kappa shape index (κ3) is 3.31. The zero-order valence-electron chi connectivity index (χ0n) is 10.4. The van der Waals surface area contributed by atoms with Crippen LogP contribution in [0.2, 0.25) is 0 Å². The van der Waals surface area contributed by atoms with Crippen molar-refractivity contribution in [2.24, 2.45) is 0 Å². The third-order valence-corrected chi connectivity index (χ3v) is 2.55. The van der Waals surface area contributed by atoms with Gasteiger partial charge in [-0.25, -0.2) is 4.79 Å². The molecular formula is C12H12N4O4. The largest absolute Gasteiger partial charge is 0.477 e. The molecule has 3 N–H and O–H groups in total. The van der Waals surface area contributed by atoms with Crippen LogP contribution in [0.4, 0.5) is 5.82 Å². The van der Waals surface area contributed by atoms with Crippen molar-refractivity contribution in [1.29, 1.82) is 0 Å². The molecule has 0 atom stereocenters. The van der Waals surface area contributed by atoms with Crippen molar-refractivity contribution in [3.8, 4) is 0 Å². The summed E-state index contributed by atoms with van der Waals surface area (Å²) in [6, 6.07) is 5.95. The molecule has 0 aromatic carbocycles. The van der Waals surface area contributed by atoms with E-state index < -0.39 is 5.97 Å². The van der Waals surface area contributed by atoms with Crippen molar-refractivity contribution in [2.75, 3.05) is 5.32 Å². The first-order valence-corrected chi connectivity index (χ1v) is 5.80. The monoisotopic (exact) mass is 276 g/mol. The molecular weight excluding hydrogens is 264 g/mol. The number of hydrogen-bond donors (Lipinski definition) is 3. The number of aryl methyl sites for hydroxylation is 1. The molecule has 0 spiro atoms. The number of aromatic nitrogens is 3. The number of carbonyl (C=O) groups is 2. The summed E-state index contributed by atoms with van der Waals surface area (Å²) in [6.07, 6.45) is 1.67. The topological polar surface area (TPSA) is 117 Å². The number of H-pyrrole nitrogens is 1. The van der Waals surface area contributed by atoms with Crippen molar-refractivity contribution >= 4 is 17.7 Å². The van der Waals surface area contributed by atoms with E-state index in [1.54, 1.807) is 18.3 Å². The summed E-state index contributed by atoms with van der Waals surface area (Å²) < 4.78 is 1.41. The Morgan fingerprint density at radius 3 is 2.85 bits per heavy atom. The number of aromatic amines is 1. The van der Waals surface area contributed by atoms with E-state index in [-0.39, 0.29) is 35.9 Å². The highest BCUT2D eigenvalue weighted by molar-refractivity contribution is 5.92. The molecule has 1 amide bonds. The minimum absolute atomic E-state index is 0.0825. The van der Waals surface area contributed by atoms with Crippen LogP contribution in [0.5, 0.6) is 0 Å². The molecule has 0 aliphatic rings. The molecule has 0 aliphatic heterocycles. The quantitative estimate of drug-likeness (QED) is 0.726. The van der Waals surface area contributed by atoms with Gasteiger partial charge >= 0.3 is 5.97 Å². The molecule has 2 aromatic heterocycles. The van der Waals surface area contributed by atoms with Gasteiger partial charge in [-0.3, -0.25) is 14.7 Å². The lowest BCUT2D eigenvalue weighted by Crippen LogP contribution is -2.21. The van der Waals surface area contributed by atoms with Crippen molar-refractivity contribution < 1.29 is 14.7 Å². The van der Waals surface area contributed by atoms with Gasteiger partial charge in [0.05, 0.1) is 0 Å². The number of pyridine rings is 1. The summed E-state index contributed by atoms with van der Waals surface area (Å²) in [4.78, 5) is 33.7. The van der Waals surface area contributed by atoms with Gasteiger partial charge in [0, 0.05) is 31.3 Å². The number of anilines is 1. The summed E-state index contributed by atoms with van der Waals surface area (Å²) in [5.41, 5.74) is -0.298. The highest BCUT2D eigenvalue weighted by atomic mass is 16.4. The molecule has 0 saturated heterocycles. The summed E-state index contributed by atoms with van der Waals surface area (Å²) in [7, 11) is 0. The molecule has 2 aromatic rings. The van der Waals surface area contributed by atoms with Crippen molar-refractivity contribution in [1.82, 2.24) is 14.8 Å². The predicted molar refractivity (Wildman–Crippen MR) is 69.5 cm³/mol. The zero-order chi connectivity index (χ0) is 14.5. The molecule has 104 valence electrons. The second-order valence-corrected chi connectivity index (χ2v) is 4.00. The number of aromatic carboxylic acids is 1. The third-order valence-electron chi connectivity index (χ3n) is 2.55. The van der Waals surface area contributed by atoms with Crippen LogP contribution in [0.25, 0.3) is 0 Å². The van der Waals surface area contributed by atoms with E-state index in [1.807, 2.05) is 0 Å². The Hall–Kier alpha value is -2.90. The number of carbonyl (C=O) groups excluding carboxylic acids is 1. The fourth-order valence-corrected chi connectivity index (χ4v) is 1.57. The van der Waals surface area contributed by atoms with Crippen LogP contribution in [0.15, 0.2) is 35.3 Å². The Kier molecular flexibility index (Phi) is 3.94. The number of rotatable bonds is 5. The highest BCUT2D eigenvalue weighted by Gasteiger charge is 2.10. The number of amides is 1. The van der Waals surface area contributed by atoms with Crippen LogP contribution in [-0.4, -0.2) is 31.7 Å². The average molecular weight is 276 g/mol. The first kappa shape index (κ1) is 13.5. The number of nitrogens with one attached hydrogen (secondary N) is 2. The average Bonchev–Trinajstić information content (AvgIpc) is 2.86. The summed E-state index contributed by atoms with van der Waals surface area (Å²) in [6.45, 7) is 0.238. The van der Waals surface area contributed by atoms with Gasteiger partial charge in [0.25, 0.3) is 5.56 Å². The molecule has 2 rings (SSSR count). The minimum Gasteiger partial charge on any atom is -0.477 e. The van der Waals surface area contributed by atoms with Gasteiger partial charge < -0.3 is 15.0 Å². The predicted octanol–water partition coefficient (Wildman–Crippen LogP) is 0.298. The van der Waals surface area contributed by atoms with E-state index in [0.29, 0.717) is 0 Å². The molecule has 0 bridgehead atoms. The van der Waals surface area contributed by atoms with E-state index in [2.05, 4.69) is 15.5 Å². The zero-order valence-corrected chi connectivity index (χ0v) is 10.4. The van der Waals surface area contributed by atoms with Gasteiger partial charge in [-0.2, -0.15) is 5.10 Å². The second-order valence-electron chi connectivity index (χ2n) is 4.00. The number of carboxylic acid groups (broad SMARTS) is 1. The maximum atomic E-state index is 11.6. The van der Waals surface area contributed by atoms with Crippen molar-refractivity contribution in [3.05, 3.63) is 46.5 Å². The first-order valence-electron chi connectivity index (χ1n) is 5.80. The van der Waals surface area contributed by atoms with E-state index in [0.717, 1.165) is 0 Å². The summed E-state index contributed by atoms with van der Waals surface area (Å²) in [5.74, 6) is -1.38. The SMILES string of the molecule is O=C(CCn1ccccc1=O)Nc1cc(C(=O)O)[nH]n1. The van der Waals surface area contributed by atoms with Crippen LogP contribution in [0.1, 0.15) is 16.9 Å². The normalized spacial score (nSPS) is 10.2. The van der Waals surface area contributed by atoms with Crippen LogP contribution in [0.3, 0.4) is 0 Å². The molecule has 2 heterocycles. The van der Waals surface area contributed by atoms with Gasteiger partial charge in [0.15, 0.2) is 5.82 Å². The van der Waals surface area contributed by atoms with Crippen LogP contribution in [-0.2, 0) is 11.3 Å². The Labute approximate surface area is 113 Å². The summed E-state index contributed by atoms with van der Waals surface area (Å²) >= 11 is 0. The smallest absolute Gasteiger partial charge is 0.353 e. The lowest BCUT2D eigenvalue weighted by atomic mass is 10.3. The molecule has 8 nitrogen and oxygen atoms in total. The molecule has 8 heteroatoms. The number of nitrogens with zero attached hydrogens (tertiary/aromatic N) is 2. The fraction of sp³-hybridized carbons (Fsp3) is 0.167. The Morgan fingerprint density at radius 1 is 1.40 bits per heavy atom. The minimum atomic E-state index is -1.16. The fourth-order valence-electron chi connectivity index (χ4n) is 1.57. The van der Waals surface area contributed by atoms with Crippen LogP contribution in [0, 0.1) is 0 Å². The lowest BCUT2D eigenvalue weighted by Gasteiger charge is -2.04. The van der Waals surface area contributed by atoms with Crippen LogP contribution < -0.4 is 10.9 Å². The van der Waals surface area contributed by atoms with Gasteiger partial charge in [-0.1, -0.05) is 6.07 Å². The Balaban J connectivity index is 1.91. The molecule has 0 saturated carbocycles. The molecule has 0 radical (unpaired) electrons. The molecule has 0 aliphatic carbocycles. The van der Waals surface area contributed by atoms with E-state index in [4.69, 9.17) is 5.11 Å². The maximum Gasteiger partial charge on any atom is 0.353 e. The van der Waals surface area contributed by atoms with Gasteiger partial charge in [0.1, 0.15) is 5.69 Å². The Morgan fingerprint density at radius 2 is 2.20 bits per heavy atom. The molecule has 20 heavy (non-hydrogen) atoms. The van der Waals surface area contributed by atoms with Gasteiger partial charge in [-0.05, 0) is 6.07 Å². The molecule has 0 unspecified atom stereocenters. The van der Waals surface area contributed by atoms with E-state index in [1.165, 1.54) is 16.7 Å². The summed E-state index contributed by atoms with van der Waals surface area (Å²) in [5, 5.41) is 17.1. The highest BCUT2D eigenvalue weighted by Crippen LogP contribution is 2.05. The van der Waals surface area contributed by atoms with Crippen molar-refractivity contribution in [3.63, 3.8) is 0 Å². The first-order chi connectivity index (χ1) is 9.56. The van der Waals surface area contributed by atoms with E-state index >= 15 is 0 Å². The number of hydrogen-bond acceptors (Lipinski definition) is 4. The van der Waals surface area contributed by atoms with Gasteiger partial charge in [-0.15, -0.1) is 0 Å². The molecule has 0 fully saturated rings. The maximum absolute atomic E-state index is 11.6. The number of carboxylic acids is 1.